The molecule has 0 radical (unpaired) electrons. The first-order chi connectivity index (χ1) is 9.11. The van der Waals surface area contributed by atoms with Crippen LogP contribution in [0.25, 0.3) is 0 Å². The molecule has 6 nitrogen and oxygen atoms in total. The Balaban J connectivity index is 2.00. The molecule has 0 bridgehead atoms. The van der Waals surface area contributed by atoms with Crippen LogP contribution in [-0.4, -0.2) is 55.7 Å². The summed E-state index contributed by atoms with van der Waals surface area (Å²) < 4.78 is 4.87. The quantitative estimate of drug-likeness (QED) is 0.848. The van der Waals surface area contributed by atoms with Crippen molar-refractivity contribution < 1.29 is 9.53 Å². The number of carbonyl (C=O) groups excluding carboxylic acids is 1. The first-order valence-corrected chi connectivity index (χ1v) is 6.36. The Hall–Kier alpha value is -1.82. The van der Waals surface area contributed by atoms with E-state index in [2.05, 4.69) is 9.88 Å². The van der Waals surface area contributed by atoms with E-state index < -0.39 is 0 Å². The van der Waals surface area contributed by atoms with E-state index in [4.69, 9.17) is 10.5 Å². The van der Waals surface area contributed by atoms with Gasteiger partial charge in [0.25, 0.3) is 0 Å². The Bertz CT molecular complexity index is 456. The molecule has 2 rings (SSSR count). The maximum Gasteiger partial charge on any atom is 0.248 e. The molecule has 2 N–H and O–H groups in total. The van der Waals surface area contributed by atoms with E-state index in [9.17, 15) is 4.79 Å². The SMILES string of the molecule is COCC(=O)N1CCN(c2nc(C)ccc2N)CC1. The summed E-state index contributed by atoms with van der Waals surface area (Å²) in [5.41, 5.74) is 7.59. The number of carbonyl (C=O) groups is 1. The number of anilines is 2. The van der Waals surface area contributed by atoms with Gasteiger partial charge in [-0.15, -0.1) is 0 Å². The van der Waals surface area contributed by atoms with Gasteiger partial charge in [-0.2, -0.15) is 0 Å². The lowest BCUT2D eigenvalue weighted by Gasteiger charge is -2.35. The molecule has 0 saturated carbocycles. The number of nitrogens with zero attached hydrogens (tertiary/aromatic N) is 3. The molecule has 1 aromatic rings. The van der Waals surface area contributed by atoms with Crippen molar-refractivity contribution in [3.63, 3.8) is 0 Å². The third-order valence-electron chi connectivity index (χ3n) is 3.24. The zero-order chi connectivity index (χ0) is 13.8. The van der Waals surface area contributed by atoms with Gasteiger partial charge in [-0.25, -0.2) is 4.98 Å². The van der Waals surface area contributed by atoms with Crippen molar-refractivity contribution in [3.8, 4) is 0 Å². The second-order valence-corrected chi connectivity index (χ2v) is 4.67. The summed E-state index contributed by atoms with van der Waals surface area (Å²) in [5, 5.41) is 0. The van der Waals surface area contributed by atoms with Gasteiger partial charge in [-0.05, 0) is 19.1 Å². The fourth-order valence-corrected chi connectivity index (χ4v) is 2.19. The van der Waals surface area contributed by atoms with Gasteiger partial charge >= 0.3 is 0 Å². The van der Waals surface area contributed by atoms with Crippen LogP contribution in [0.15, 0.2) is 12.1 Å². The van der Waals surface area contributed by atoms with Crippen molar-refractivity contribution in [3.05, 3.63) is 17.8 Å². The fraction of sp³-hybridized carbons (Fsp3) is 0.538. The second-order valence-electron chi connectivity index (χ2n) is 4.67. The molecule has 1 saturated heterocycles. The maximum absolute atomic E-state index is 11.7. The average Bonchev–Trinajstić information content (AvgIpc) is 2.42. The third-order valence-corrected chi connectivity index (χ3v) is 3.24. The summed E-state index contributed by atoms with van der Waals surface area (Å²) in [6.45, 7) is 4.94. The molecule has 0 aliphatic carbocycles. The first-order valence-electron chi connectivity index (χ1n) is 6.36. The molecule has 2 heterocycles. The van der Waals surface area contributed by atoms with Crippen LogP contribution in [0, 0.1) is 6.92 Å². The van der Waals surface area contributed by atoms with Crippen molar-refractivity contribution >= 4 is 17.4 Å². The standard InChI is InChI=1S/C13H20N4O2/c1-10-3-4-11(14)13(15-10)17-7-5-16(6-8-17)12(18)9-19-2/h3-4H,5-9,14H2,1-2H3. The first kappa shape index (κ1) is 13.6. The normalized spacial score (nSPS) is 15.7. The number of amides is 1. The number of pyridine rings is 1. The zero-order valence-electron chi connectivity index (χ0n) is 11.4. The second kappa shape index (κ2) is 5.88. The zero-order valence-corrected chi connectivity index (χ0v) is 11.4. The minimum absolute atomic E-state index is 0.0346. The number of methoxy groups -OCH3 is 1. The van der Waals surface area contributed by atoms with E-state index in [-0.39, 0.29) is 12.5 Å². The number of aromatic nitrogens is 1. The molecule has 1 fully saturated rings. The Morgan fingerprint density at radius 2 is 2.05 bits per heavy atom. The van der Waals surface area contributed by atoms with E-state index in [0.29, 0.717) is 18.8 Å². The number of piperazine rings is 1. The van der Waals surface area contributed by atoms with Gasteiger partial charge in [0.1, 0.15) is 6.61 Å². The summed E-state index contributed by atoms with van der Waals surface area (Å²) in [7, 11) is 1.53. The molecule has 0 spiro atoms. The van der Waals surface area contributed by atoms with E-state index in [0.717, 1.165) is 24.6 Å². The van der Waals surface area contributed by atoms with Crippen LogP contribution >= 0.6 is 0 Å². The van der Waals surface area contributed by atoms with Crippen LogP contribution in [0.3, 0.4) is 0 Å². The Labute approximate surface area is 113 Å². The predicted molar refractivity (Wildman–Crippen MR) is 74.1 cm³/mol. The smallest absolute Gasteiger partial charge is 0.248 e. The highest BCUT2D eigenvalue weighted by molar-refractivity contribution is 5.77. The molecule has 0 unspecified atom stereocenters. The van der Waals surface area contributed by atoms with Crippen molar-refractivity contribution in [1.29, 1.82) is 0 Å². The molecule has 19 heavy (non-hydrogen) atoms. The number of nitrogen functional groups attached to an aromatic ring is 1. The highest BCUT2D eigenvalue weighted by atomic mass is 16.5. The summed E-state index contributed by atoms with van der Waals surface area (Å²) in [6.07, 6.45) is 0. The molecule has 1 aromatic heterocycles. The summed E-state index contributed by atoms with van der Waals surface area (Å²) in [4.78, 5) is 20.1. The number of ether oxygens (including phenoxy) is 1. The van der Waals surface area contributed by atoms with Crippen molar-refractivity contribution in [2.75, 3.05) is 50.5 Å². The van der Waals surface area contributed by atoms with Crippen LogP contribution in [0.5, 0.6) is 0 Å². The Morgan fingerprint density at radius 1 is 1.37 bits per heavy atom. The van der Waals surface area contributed by atoms with Gasteiger partial charge in [0.05, 0.1) is 5.69 Å². The van der Waals surface area contributed by atoms with E-state index in [1.807, 2.05) is 24.0 Å². The highest BCUT2D eigenvalue weighted by Gasteiger charge is 2.22. The summed E-state index contributed by atoms with van der Waals surface area (Å²) in [5.74, 6) is 0.853. The number of aryl methyl sites for hydroxylation is 1. The number of nitrogens with two attached hydrogens (primary N) is 1. The van der Waals surface area contributed by atoms with E-state index in [1.54, 1.807) is 0 Å². The number of rotatable bonds is 3. The molecule has 104 valence electrons. The Kier molecular flexibility index (Phi) is 4.21. The average molecular weight is 264 g/mol. The van der Waals surface area contributed by atoms with Crippen molar-refractivity contribution in [1.82, 2.24) is 9.88 Å². The Morgan fingerprint density at radius 3 is 2.68 bits per heavy atom. The van der Waals surface area contributed by atoms with Crippen LogP contribution < -0.4 is 10.6 Å². The summed E-state index contributed by atoms with van der Waals surface area (Å²) in [6, 6.07) is 3.78. The van der Waals surface area contributed by atoms with E-state index >= 15 is 0 Å². The van der Waals surface area contributed by atoms with Crippen LogP contribution in [0.4, 0.5) is 11.5 Å². The molecule has 1 aliphatic rings. The van der Waals surface area contributed by atoms with Crippen LogP contribution in [0.2, 0.25) is 0 Å². The topological polar surface area (TPSA) is 71.7 Å². The number of hydrogen-bond acceptors (Lipinski definition) is 5. The van der Waals surface area contributed by atoms with Crippen LogP contribution in [0.1, 0.15) is 5.69 Å². The lowest BCUT2D eigenvalue weighted by molar-refractivity contribution is -0.135. The van der Waals surface area contributed by atoms with Gasteiger partial charge in [-0.3, -0.25) is 4.79 Å². The summed E-state index contributed by atoms with van der Waals surface area (Å²) >= 11 is 0. The minimum Gasteiger partial charge on any atom is -0.396 e. The molecular formula is C13H20N4O2. The monoisotopic (exact) mass is 264 g/mol. The van der Waals surface area contributed by atoms with Gasteiger partial charge < -0.3 is 20.3 Å². The lowest BCUT2D eigenvalue weighted by Crippen LogP contribution is -2.50. The lowest BCUT2D eigenvalue weighted by atomic mass is 10.2. The molecule has 1 amide bonds. The largest absolute Gasteiger partial charge is 0.396 e. The minimum atomic E-state index is 0.0346. The van der Waals surface area contributed by atoms with E-state index in [1.165, 1.54) is 7.11 Å². The van der Waals surface area contributed by atoms with Gasteiger partial charge in [-0.1, -0.05) is 0 Å². The predicted octanol–water partition coefficient (Wildman–Crippen LogP) is 0.267. The fourth-order valence-electron chi connectivity index (χ4n) is 2.19. The third kappa shape index (κ3) is 3.14. The molecule has 1 aliphatic heterocycles. The van der Waals surface area contributed by atoms with Gasteiger partial charge in [0.15, 0.2) is 5.82 Å². The number of hydrogen-bond donors (Lipinski definition) is 1. The van der Waals surface area contributed by atoms with Crippen molar-refractivity contribution in [2.24, 2.45) is 0 Å². The van der Waals surface area contributed by atoms with Gasteiger partial charge in [0, 0.05) is 39.0 Å². The molecule has 0 atom stereocenters. The maximum atomic E-state index is 11.7. The molecule has 6 heteroatoms. The molecular weight excluding hydrogens is 244 g/mol. The van der Waals surface area contributed by atoms with Gasteiger partial charge in [0.2, 0.25) is 5.91 Å². The highest BCUT2D eigenvalue weighted by Crippen LogP contribution is 2.21. The van der Waals surface area contributed by atoms with Crippen LogP contribution in [-0.2, 0) is 9.53 Å². The molecule has 0 aromatic carbocycles. The van der Waals surface area contributed by atoms with Crippen molar-refractivity contribution in [2.45, 2.75) is 6.92 Å².